The van der Waals surface area contributed by atoms with E-state index in [2.05, 4.69) is 5.32 Å². The number of amides is 1. The van der Waals surface area contributed by atoms with E-state index in [0.29, 0.717) is 11.4 Å². The lowest BCUT2D eigenvalue weighted by Gasteiger charge is -2.05. The molecular formula is C17H11N3O5. The van der Waals surface area contributed by atoms with E-state index >= 15 is 0 Å². The van der Waals surface area contributed by atoms with Crippen molar-refractivity contribution in [1.82, 2.24) is 0 Å². The van der Waals surface area contributed by atoms with Crippen molar-refractivity contribution in [3.8, 4) is 17.6 Å². The van der Waals surface area contributed by atoms with E-state index in [4.69, 9.17) is 9.47 Å². The van der Waals surface area contributed by atoms with Crippen LogP contribution in [0.2, 0.25) is 0 Å². The number of nitro benzene ring substituents is 1. The first-order chi connectivity index (χ1) is 12.1. The summed E-state index contributed by atoms with van der Waals surface area (Å²) in [6, 6.07) is 12.9. The molecule has 0 aromatic heterocycles. The second-order valence-corrected chi connectivity index (χ2v) is 5.01. The molecule has 3 rings (SSSR count). The van der Waals surface area contributed by atoms with Crippen molar-refractivity contribution in [2.75, 3.05) is 12.1 Å². The summed E-state index contributed by atoms with van der Waals surface area (Å²) < 4.78 is 10.3. The fourth-order valence-corrected chi connectivity index (χ4v) is 2.24. The second kappa shape index (κ2) is 6.72. The maximum absolute atomic E-state index is 12.2. The summed E-state index contributed by atoms with van der Waals surface area (Å²) in [6.07, 6.45) is 1.15. The van der Waals surface area contributed by atoms with Crippen molar-refractivity contribution in [3.63, 3.8) is 0 Å². The Morgan fingerprint density at radius 2 is 1.92 bits per heavy atom. The Kier molecular flexibility index (Phi) is 4.30. The van der Waals surface area contributed by atoms with Gasteiger partial charge in [-0.05, 0) is 24.3 Å². The zero-order valence-corrected chi connectivity index (χ0v) is 12.8. The SMILES string of the molecule is N#C/C(=C/c1cc2c(cc1[N+](=O)[O-])OCO2)C(=O)Nc1ccccc1. The number of nitriles is 1. The summed E-state index contributed by atoms with van der Waals surface area (Å²) in [5.41, 5.74) is 0.0261. The number of nitro groups is 1. The number of rotatable bonds is 4. The number of ether oxygens (including phenoxy) is 2. The molecule has 0 atom stereocenters. The second-order valence-electron chi connectivity index (χ2n) is 5.01. The molecule has 0 spiro atoms. The lowest BCUT2D eigenvalue weighted by atomic mass is 10.1. The van der Waals surface area contributed by atoms with Crippen LogP contribution in [0.25, 0.3) is 6.08 Å². The third kappa shape index (κ3) is 3.40. The quantitative estimate of drug-likeness (QED) is 0.397. The zero-order valence-electron chi connectivity index (χ0n) is 12.8. The molecule has 0 saturated heterocycles. The molecule has 0 radical (unpaired) electrons. The van der Waals surface area contributed by atoms with E-state index in [1.54, 1.807) is 36.4 Å². The Balaban J connectivity index is 1.96. The van der Waals surface area contributed by atoms with Gasteiger partial charge in [0.1, 0.15) is 11.6 Å². The molecule has 1 amide bonds. The Morgan fingerprint density at radius 1 is 1.24 bits per heavy atom. The highest BCUT2D eigenvalue weighted by Crippen LogP contribution is 2.38. The lowest BCUT2D eigenvalue weighted by Crippen LogP contribution is -2.13. The Morgan fingerprint density at radius 3 is 2.56 bits per heavy atom. The van der Waals surface area contributed by atoms with Gasteiger partial charge >= 0.3 is 0 Å². The number of carbonyl (C=O) groups excluding carboxylic acids is 1. The molecule has 1 N–H and O–H groups in total. The standard InChI is InChI=1S/C17H11N3O5/c18-9-12(17(21)19-13-4-2-1-3-5-13)6-11-7-15-16(25-10-24-15)8-14(11)20(22)23/h1-8H,10H2,(H,19,21)/b12-6-. The van der Waals surface area contributed by atoms with Crippen LogP contribution in [-0.2, 0) is 4.79 Å². The largest absolute Gasteiger partial charge is 0.454 e. The van der Waals surface area contributed by atoms with Crippen LogP contribution < -0.4 is 14.8 Å². The number of benzene rings is 2. The predicted octanol–water partition coefficient (Wildman–Crippen LogP) is 2.87. The first kappa shape index (κ1) is 16.0. The van der Waals surface area contributed by atoms with Gasteiger partial charge in [-0.15, -0.1) is 0 Å². The number of fused-ring (bicyclic) bond motifs is 1. The van der Waals surface area contributed by atoms with Crippen LogP contribution >= 0.6 is 0 Å². The van der Waals surface area contributed by atoms with Crippen molar-refractivity contribution in [2.24, 2.45) is 0 Å². The molecule has 2 aromatic carbocycles. The Hall–Kier alpha value is -3.86. The predicted molar refractivity (Wildman–Crippen MR) is 87.9 cm³/mol. The van der Waals surface area contributed by atoms with Gasteiger partial charge in [0, 0.05) is 5.69 Å². The summed E-state index contributed by atoms with van der Waals surface area (Å²) in [4.78, 5) is 22.9. The normalized spacial score (nSPS) is 12.4. The number of anilines is 1. The summed E-state index contributed by atoms with van der Waals surface area (Å²) >= 11 is 0. The third-order valence-electron chi connectivity index (χ3n) is 3.42. The number of para-hydroxylation sites is 1. The summed E-state index contributed by atoms with van der Waals surface area (Å²) in [6.45, 7) is -0.0424. The molecule has 1 heterocycles. The van der Waals surface area contributed by atoms with Gasteiger partial charge in [-0.1, -0.05) is 18.2 Å². The minimum absolute atomic E-state index is 0.0424. The number of hydrogen-bond donors (Lipinski definition) is 1. The van der Waals surface area contributed by atoms with E-state index in [0.717, 1.165) is 6.08 Å². The number of hydrogen-bond acceptors (Lipinski definition) is 6. The van der Waals surface area contributed by atoms with Gasteiger partial charge in [0.05, 0.1) is 16.6 Å². The molecular weight excluding hydrogens is 326 g/mol. The van der Waals surface area contributed by atoms with Gasteiger partial charge in [0.2, 0.25) is 6.79 Å². The van der Waals surface area contributed by atoms with E-state index in [9.17, 15) is 20.2 Å². The molecule has 1 aliphatic rings. The Bertz CT molecular complexity index is 916. The highest BCUT2D eigenvalue weighted by molar-refractivity contribution is 6.10. The molecule has 0 saturated carbocycles. The first-order valence-electron chi connectivity index (χ1n) is 7.14. The summed E-state index contributed by atoms with van der Waals surface area (Å²) in [7, 11) is 0. The van der Waals surface area contributed by atoms with Crippen molar-refractivity contribution in [1.29, 1.82) is 5.26 Å². The van der Waals surface area contributed by atoms with Crippen LogP contribution in [0.4, 0.5) is 11.4 Å². The number of nitrogens with one attached hydrogen (secondary N) is 1. The molecule has 8 heteroatoms. The fraction of sp³-hybridized carbons (Fsp3) is 0.0588. The zero-order chi connectivity index (χ0) is 17.8. The molecule has 0 fully saturated rings. The summed E-state index contributed by atoms with van der Waals surface area (Å²) in [5, 5.41) is 23.1. The van der Waals surface area contributed by atoms with Crippen LogP contribution in [0.15, 0.2) is 48.0 Å². The van der Waals surface area contributed by atoms with Crippen molar-refractivity contribution >= 4 is 23.4 Å². The molecule has 2 aromatic rings. The molecule has 25 heavy (non-hydrogen) atoms. The number of carbonyl (C=O) groups is 1. The molecule has 8 nitrogen and oxygen atoms in total. The lowest BCUT2D eigenvalue weighted by molar-refractivity contribution is -0.385. The molecule has 0 aliphatic carbocycles. The maximum atomic E-state index is 12.2. The molecule has 1 aliphatic heterocycles. The fourth-order valence-electron chi connectivity index (χ4n) is 2.24. The number of nitrogens with zero attached hydrogens (tertiary/aromatic N) is 2. The average Bonchev–Trinajstić information content (AvgIpc) is 3.06. The van der Waals surface area contributed by atoms with Gasteiger partial charge in [0.25, 0.3) is 11.6 Å². The van der Waals surface area contributed by atoms with Crippen LogP contribution in [0.1, 0.15) is 5.56 Å². The van der Waals surface area contributed by atoms with Crippen LogP contribution in [0.5, 0.6) is 11.5 Å². The van der Waals surface area contributed by atoms with Gasteiger partial charge in [-0.3, -0.25) is 14.9 Å². The van der Waals surface area contributed by atoms with Crippen molar-refractivity contribution < 1.29 is 19.2 Å². The third-order valence-corrected chi connectivity index (χ3v) is 3.42. The highest BCUT2D eigenvalue weighted by atomic mass is 16.7. The average molecular weight is 337 g/mol. The summed E-state index contributed by atoms with van der Waals surface area (Å²) in [5.74, 6) is -0.102. The maximum Gasteiger partial charge on any atom is 0.280 e. The van der Waals surface area contributed by atoms with E-state index < -0.39 is 10.8 Å². The van der Waals surface area contributed by atoms with Gasteiger partial charge in [0.15, 0.2) is 11.5 Å². The van der Waals surface area contributed by atoms with Gasteiger partial charge < -0.3 is 14.8 Å². The van der Waals surface area contributed by atoms with Crippen LogP contribution in [-0.4, -0.2) is 17.6 Å². The molecule has 0 unspecified atom stereocenters. The van der Waals surface area contributed by atoms with Crippen LogP contribution in [0, 0.1) is 21.4 Å². The minimum Gasteiger partial charge on any atom is -0.454 e. The van der Waals surface area contributed by atoms with Crippen molar-refractivity contribution in [2.45, 2.75) is 0 Å². The van der Waals surface area contributed by atoms with Gasteiger partial charge in [-0.25, -0.2) is 0 Å². The monoisotopic (exact) mass is 337 g/mol. The van der Waals surface area contributed by atoms with Crippen molar-refractivity contribution in [3.05, 3.63) is 63.7 Å². The highest BCUT2D eigenvalue weighted by Gasteiger charge is 2.23. The topological polar surface area (TPSA) is 114 Å². The van der Waals surface area contributed by atoms with Crippen LogP contribution in [0.3, 0.4) is 0 Å². The molecule has 0 bridgehead atoms. The Labute approximate surface area is 142 Å². The van der Waals surface area contributed by atoms with Gasteiger partial charge in [-0.2, -0.15) is 5.26 Å². The smallest absolute Gasteiger partial charge is 0.280 e. The first-order valence-corrected chi connectivity index (χ1v) is 7.14. The minimum atomic E-state index is -0.666. The van der Waals surface area contributed by atoms with E-state index in [1.165, 1.54) is 12.1 Å². The molecule has 124 valence electrons. The van der Waals surface area contributed by atoms with E-state index in [1.807, 2.05) is 0 Å². The van der Waals surface area contributed by atoms with E-state index in [-0.39, 0.29) is 29.4 Å².